The summed E-state index contributed by atoms with van der Waals surface area (Å²) in [6.07, 6.45) is -24.1. The van der Waals surface area contributed by atoms with E-state index in [1.165, 1.54) is 102 Å². The van der Waals surface area contributed by atoms with E-state index in [9.17, 15) is 143 Å². The zero-order chi connectivity index (χ0) is 105. The number of alkyl halides is 15. The van der Waals surface area contributed by atoms with Gasteiger partial charge >= 0.3 is 30.9 Å². The van der Waals surface area contributed by atoms with E-state index in [-0.39, 0.29) is 92.8 Å². The number of rotatable bonds is 27. The molecular weight excluding hydrogens is 2010 g/mol. The van der Waals surface area contributed by atoms with Crippen LogP contribution in [0.25, 0.3) is 74.1 Å². The Bertz CT molecular complexity index is 7220. The number of thiophene rings is 4. The van der Waals surface area contributed by atoms with Gasteiger partial charge in [0, 0.05) is 87.2 Å². The summed E-state index contributed by atoms with van der Waals surface area (Å²) in [6.45, 7) is 0. The maximum atomic E-state index is 12.2. The first-order chi connectivity index (χ1) is 68.7. The van der Waals surface area contributed by atoms with Crippen LogP contribution in [-0.2, 0) is 24.0 Å². The molecule has 0 aliphatic rings. The number of aromatic amines is 1. The molecule has 145 heavy (non-hydrogen) atoms. The number of Topliss-reactive ketones (excluding diaryl/α,β-unsaturated/α-hetero) is 16. The Morgan fingerprint density at radius 3 is 1.16 bits per heavy atom. The van der Waals surface area contributed by atoms with Crippen LogP contribution in [0.15, 0.2) is 314 Å². The summed E-state index contributed by atoms with van der Waals surface area (Å²) in [7, 11) is 0. The van der Waals surface area contributed by atoms with Gasteiger partial charge in [-0.25, -0.2) is 0 Å². The highest BCUT2D eigenvalue weighted by Gasteiger charge is 2.44. The Hall–Kier alpha value is -16.5. The number of carbonyl (C=O) groups is 16. The lowest BCUT2D eigenvalue weighted by Gasteiger charge is -2.04. The molecule has 1 N–H and O–H groups in total. The summed E-state index contributed by atoms with van der Waals surface area (Å²) in [4.78, 5) is 194. The highest BCUT2D eigenvalue weighted by Crippen LogP contribution is 2.37. The van der Waals surface area contributed by atoms with Gasteiger partial charge in [0.2, 0.25) is 46.3 Å². The van der Waals surface area contributed by atoms with Crippen LogP contribution < -0.4 is 0 Å². The molecule has 18 aromatic rings. The first-order valence-corrected chi connectivity index (χ1v) is 45.2. The molecule has 0 bridgehead atoms. The number of hydrogen-bond acceptors (Lipinski definition) is 26. The van der Waals surface area contributed by atoms with Gasteiger partial charge in [-0.3, -0.25) is 86.7 Å². The number of benzene rings is 7. The number of hydrogen-bond donors (Lipinski definition) is 1. The number of aromatic nitrogens is 3. The fourth-order valence-corrected chi connectivity index (χ4v) is 16.2. The second kappa shape index (κ2) is 48.8. The first-order valence-electron chi connectivity index (χ1n) is 41.9. The second-order valence-corrected chi connectivity index (χ2v) is 34.2. The number of nitrogens with one attached hydrogen (secondary N) is 1. The Morgan fingerprint density at radius 2 is 0.676 bits per heavy atom. The van der Waals surface area contributed by atoms with Crippen molar-refractivity contribution < 1.29 is 160 Å². The molecular formula is C103H66F15N3O20S4. The minimum atomic E-state index is -5.00. The molecule has 0 aliphatic heterocycles. The van der Waals surface area contributed by atoms with Gasteiger partial charge < -0.3 is 22.7 Å². The standard InChI is InChI=1S/C16H9F3O3.C16H9F3O2S.C13H10N2O2.C12H8F3NO2.C12H7F3O3.C12H7F3O2S.C11H8O4.C11H8O2S2/c2*17-16(18,19)15(21)8-12(20)9-5-6-14-11(7-9)10-3-1-2-4-13(10)22-14;16-12(10-5-1-3-7-14-10)9-13(17)11-6-2-4-8-15-11;13-12(14,15)11(18)5-10(17)8-6-16-9-4-2-1-3-7(8)9;2*13-12(14,15)11(17)6-8(16)10-5-7-3-1-2-4-9(7)18-10;2*12-8(10-3-1-5-14-10)7-9(13)11-4-2-6-15-11/h2*1-7H,8H2;1-8H,9H2;1-4,6,16H,5H2;2*1-5H,6H2;2*1-6H,7H2. The Morgan fingerprint density at radius 1 is 0.276 bits per heavy atom. The molecule has 23 nitrogen and oxygen atoms in total. The summed E-state index contributed by atoms with van der Waals surface area (Å²) in [6, 6.07) is 70.4. The number of ketones is 16. The third kappa shape index (κ3) is 30.8. The predicted molar refractivity (Wildman–Crippen MR) is 504 cm³/mol. The van der Waals surface area contributed by atoms with Gasteiger partial charge in [-0.05, 0) is 156 Å². The topological polar surface area (TPSA) is 367 Å². The van der Waals surface area contributed by atoms with E-state index in [1.807, 2.05) is 47.2 Å². The number of pyridine rings is 2. The maximum absolute atomic E-state index is 12.2. The van der Waals surface area contributed by atoms with Gasteiger partial charge in [0.15, 0.2) is 63.5 Å². The lowest BCUT2D eigenvalue weighted by Crippen LogP contribution is -2.25. The molecule has 0 aliphatic carbocycles. The minimum absolute atomic E-state index is 0.0268. The van der Waals surface area contributed by atoms with Gasteiger partial charge in [0.25, 0.3) is 0 Å². The molecule has 0 spiro atoms. The molecule has 0 fully saturated rings. The highest BCUT2D eigenvalue weighted by atomic mass is 32.1. The lowest BCUT2D eigenvalue weighted by atomic mass is 10.0. The molecule has 0 saturated heterocycles. The predicted octanol–water partition coefficient (Wildman–Crippen LogP) is 26.2. The molecule has 7 aromatic carbocycles. The maximum Gasteiger partial charge on any atom is 0.450 e. The van der Waals surface area contributed by atoms with Crippen molar-refractivity contribution in [3.63, 3.8) is 0 Å². The van der Waals surface area contributed by atoms with E-state index < -0.39 is 121 Å². The van der Waals surface area contributed by atoms with Gasteiger partial charge in [-0.2, -0.15) is 65.9 Å². The number of furan rings is 4. The van der Waals surface area contributed by atoms with Crippen LogP contribution in [0, 0.1) is 0 Å². The van der Waals surface area contributed by atoms with Crippen molar-refractivity contribution in [3.05, 3.63) is 357 Å². The van der Waals surface area contributed by atoms with Crippen LogP contribution in [0.4, 0.5) is 65.9 Å². The molecule has 11 aromatic heterocycles. The SMILES string of the molecule is O=C(CC(=O)C(F)(F)F)c1c[nH]c2ccccc12.O=C(CC(=O)C(F)(F)F)c1cc2ccccc2o1.O=C(CC(=O)C(F)(F)F)c1cc2ccccc2s1.O=C(CC(=O)C(F)(F)F)c1ccc2oc3ccccc3c2c1.O=C(CC(=O)C(F)(F)F)c1ccc2sc3ccccc3c2c1.O=C(CC(=O)c1ccccn1)c1ccccn1.O=C(CC(=O)c1ccco1)c1ccco1.O=C(CC(=O)c1cccs1)c1cccs1. The van der Waals surface area contributed by atoms with E-state index in [0.29, 0.717) is 59.6 Å². The monoisotopic (exact) mass is 2080 g/mol. The van der Waals surface area contributed by atoms with Crippen molar-refractivity contribution in [1.82, 2.24) is 15.0 Å². The van der Waals surface area contributed by atoms with Crippen molar-refractivity contribution in [3.8, 4) is 0 Å². The Kier molecular flexibility index (Phi) is 36.7. The zero-order valence-electron chi connectivity index (χ0n) is 73.8. The summed E-state index contributed by atoms with van der Waals surface area (Å²) < 4.78 is 205. The van der Waals surface area contributed by atoms with E-state index in [4.69, 9.17) is 17.7 Å². The van der Waals surface area contributed by atoms with E-state index in [0.717, 1.165) is 47.0 Å². The number of nitrogens with zero attached hydrogens (tertiary/aromatic N) is 2. The molecule has 742 valence electrons. The first kappa shape index (κ1) is 109. The van der Waals surface area contributed by atoms with Crippen molar-refractivity contribution in [2.75, 3.05) is 0 Å². The number of para-hydroxylation sites is 3. The molecule has 0 amide bonds. The highest BCUT2D eigenvalue weighted by molar-refractivity contribution is 7.25. The third-order valence-electron chi connectivity index (χ3n) is 19.9. The Labute approximate surface area is 821 Å². The summed E-state index contributed by atoms with van der Waals surface area (Å²) >= 11 is 5.37. The van der Waals surface area contributed by atoms with E-state index >= 15 is 0 Å². The van der Waals surface area contributed by atoms with Crippen molar-refractivity contribution in [1.29, 1.82) is 0 Å². The van der Waals surface area contributed by atoms with Gasteiger partial charge in [-0.15, -0.1) is 45.3 Å². The minimum Gasteiger partial charge on any atom is -0.461 e. The second-order valence-electron chi connectivity index (χ2n) is 30.2. The third-order valence-corrected chi connectivity index (χ3v) is 24.1. The van der Waals surface area contributed by atoms with Crippen molar-refractivity contribution >= 4 is 212 Å². The fourth-order valence-electron chi connectivity index (χ4n) is 12.8. The number of fused-ring (bicyclic) bond motifs is 9. The quantitative estimate of drug-likeness (QED) is 0.0284. The van der Waals surface area contributed by atoms with E-state index in [2.05, 4.69) is 15.0 Å². The average Bonchev–Trinajstić information content (AvgIpc) is 1.65. The Balaban J connectivity index is 0.000000158. The van der Waals surface area contributed by atoms with Crippen LogP contribution in [-0.4, -0.2) is 138 Å². The van der Waals surface area contributed by atoms with Crippen LogP contribution in [0.5, 0.6) is 0 Å². The molecule has 0 atom stereocenters. The van der Waals surface area contributed by atoms with Crippen molar-refractivity contribution in [2.24, 2.45) is 0 Å². The van der Waals surface area contributed by atoms with E-state index in [1.54, 1.807) is 181 Å². The van der Waals surface area contributed by atoms with Crippen LogP contribution in [0.1, 0.15) is 164 Å². The van der Waals surface area contributed by atoms with Crippen LogP contribution in [0.3, 0.4) is 0 Å². The van der Waals surface area contributed by atoms with Gasteiger partial charge in [-0.1, -0.05) is 115 Å². The average molecular weight is 2080 g/mol. The smallest absolute Gasteiger partial charge is 0.450 e. The van der Waals surface area contributed by atoms with Gasteiger partial charge in [0.05, 0.1) is 78.5 Å². The largest absolute Gasteiger partial charge is 0.461 e. The summed E-state index contributed by atoms with van der Waals surface area (Å²) in [5, 5.41) is 8.70. The number of halogens is 15. The molecule has 0 saturated carbocycles. The zero-order valence-corrected chi connectivity index (χ0v) is 77.1. The van der Waals surface area contributed by atoms with Crippen molar-refractivity contribution in [2.45, 2.75) is 82.2 Å². The summed E-state index contributed by atoms with van der Waals surface area (Å²) in [5.41, 5.74) is 3.05. The molecule has 11 heterocycles. The lowest BCUT2D eigenvalue weighted by molar-refractivity contribution is -0.170. The molecule has 18 rings (SSSR count). The number of carbonyl (C=O) groups excluding carboxylic acids is 16. The fraction of sp³-hybridized carbons (Fsp3) is 0.126. The molecule has 0 unspecified atom stereocenters. The molecule has 0 radical (unpaired) electrons. The normalized spacial score (nSPS) is 11.2. The number of H-pyrrole nitrogens is 1. The molecule has 42 heteroatoms. The van der Waals surface area contributed by atoms with Crippen LogP contribution in [0.2, 0.25) is 0 Å². The van der Waals surface area contributed by atoms with Crippen LogP contribution >= 0.6 is 45.3 Å². The summed E-state index contributed by atoms with van der Waals surface area (Å²) in [5.74, 6) is -15.8. The van der Waals surface area contributed by atoms with Gasteiger partial charge in [0.1, 0.15) is 28.1 Å².